The Hall–Kier alpha value is -5.29. The number of amides is 2. The van der Waals surface area contributed by atoms with Crippen molar-refractivity contribution >= 4 is 23.7 Å². The molecule has 4 aromatic rings. The number of furan rings is 1. The lowest BCUT2D eigenvalue weighted by Crippen LogP contribution is -2.47. The second-order valence-electron chi connectivity index (χ2n) is 11.3. The Balaban J connectivity index is 1.52. The van der Waals surface area contributed by atoms with Crippen molar-refractivity contribution in [2.75, 3.05) is 18.5 Å². The number of hydrogen-bond acceptors (Lipinski definition) is 9. The summed E-state index contributed by atoms with van der Waals surface area (Å²) in [5.74, 6) is 0.275. The third-order valence-corrected chi connectivity index (χ3v) is 6.40. The number of carbonyl (C=O) groups is 3. The lowest BCUT2D eigenvalue weighted by atomic mass is 10.0. The van der Waals surface area contributed by atoms with Gasteiger partial charge in [-0.2, -0.15) is 0 Å². The van der Waals surface area contributed by atoms with Crippen LogP contribution in [0.2, 0.25) is 0 Å². The lowest BCUT2D eigenvalue weighted by molar-refractivity contribution is -0.118. The average Bonchev–Trinajstić information content (AvgIpc) is 3.56. The van der Waals surface area contributed by atoms with Crippen LogP contribution in [0.1, 0.15) is 48.0 Å². The first-order chi connectivity index (χ1) is 22.1. The summed E-state index contributed by atoms with van der Waals surface area (Å²) in [6, 6.07) is 24.0. The van der Waals surface area contributed by atoms with Crippen LogP contribution in [0.5, 0.6) is 11.5 Å². The van der Waals surface area contributed by atoms with Gasteiger partial charge in [-0.1, -0.05) is 42.5 Å². The van der Waals surface area contributed by atoms with Gasteiger partial charge in [0, 0.05) is 13.0 Å². The smallest absolute Gasteiger partial charge is 0.408 e. The Morgan fingerprint density at radius 3 is 2.30 bits per heavy atom. The largest absolute Gasteiger partial charge is 0.489 e. The zero-order valence-electron chi connectivity index (χ0n) is 26.1. The van der Waals surface area contributed by atoms with Gasteiger partial charge in [0.15, 0.2) is 0 Å². The van der Waals surface area contributed by atoms with Gasteiger partial charge in [0.05, 0.1) is 17.5 Å². The summed E-state index contributed by atoms with van der Waals surface area (Å²) in [5.41, 5.74) is 6.97. The molecule has 0 radical (unpaired) electrons. The molecule has 3 aromatic carbocycles. The van der Waals surface area contributed by atoms with E-state index in [1.165, 1.54) is 24.5 Å². The molecular formula is C35H39N3O8. The maximum atomic E-state index is 13.7. The van der Waals surface area contributed by atoms with Crippen LogP contribution in [0.25, 0.3) is 0 Å². The molecule has 2 amide bonds. The molecule has 0 aliphatic heterocycles. The minimum atomic E-state index is -1.03. The van der Waals surface area contributed by atoms with Gasteiger partial charge in [0.2, 0.25) is 5.91 Å². The normalized spacial score (nSPS) is 11.7. The van der Waals surface area contributed by atoms with Gasteiger partial charge >= 0.3 is 12.1 Å². The van der Waals surface area contributed by atoms with E-state index in [0.717, 1.165) is 11.1 Å². The second-order valence-corrected chi connectivity index (χ2v) is 11.3. The fourth-order valence-electron chi connectivity index (χ4n) is 4.23. The van der Waals surface area contributed by atoms with E-state index >= 15 is 0 Å². The summed E-state index contributed by atoms with van der Waals surface area (Å²) in [5, 5.41) is 5.51. The van der Waals surface area contributed by atoms with Crippen LogP contribution in [0.4, 0.5) is 10.5 Å². The summed E-state index contributed by atoms with van der Waals surface area (Å²) in [6.07, 6.45) is 0.912. The number of esters is 1. The summed E-state index contributed by atoms with van der Waals surface area (Å²) < 4.78 is 27.7. The van der Waals surface area contributed by atoms with E-state index in [-0.39, 0.29) is 43.2 Å². The minimum absolute atomic E-state index is 0.0372. The number of alkyl carbamates (subject to hydrolysis) is 1. The number of nitrogens with two attached hydrogens (primary N) is 1. The van der Waals surface area contributed by atoms with Crippen LogP contribution >= 0.6 is 0 Å². The molecule has 1 atom stereocenters. The van der Waals surface area contributed by atoms with E-state index in [0.29, 0.717) is 18.1 Å². The Morgan fingerprint density at radius 2 is 1.63 bits per heavy atom. The van der Waals surface area contributed by atoms with Crippen LogP contribution in [0.3, 0.4) is 0 Å². The van der Waals surface area contributed by atoms with Gasteiger partial charge in [0.25, 0.3) is 0 Å². The number of ether oxygens (including phenoxy) is 4. The summed E-state index contributed by atoms with van der Waals surface area (Å²) in [7, 11) is 0. The highest BCUT2D eigenvalue weighted by molar-refractivity contribution is 5.99. The van der Waals surface area contributed by atoms with Crippen molar-refractivity contribution in [3.05, 3.63) is 114 Å². The molecule has 0 aliphatic carbocycles. The van der Waals surface area contributed by atoms with Crippen molar-refractivity contribution in [3.63, 3.8) is 0 Å². The molecule has 1 heterocycles. The Bertz CT molecular complexity index is 1570. The zero-order chi connectivity index (χ0) is 32.9. The molecule has 11 heteroatoms. The lowest BCUT2D eigenvalue weighted by Gasteiger charge is -2.24. The fourth-order valence-corrected chi connectivity index (χ4v) is 4.23. The Labute approximate surface area is 268 Å². The van der Waals surface area contributed by atoms with E-state index in [4.69, 9.17) is 29.1 Å². The molecule has 1 aromatic heterocycles. The predicted octanol–water partition coefficient (Wildman–Crippen LogP) is 5.63. The Morgan fingerprint density at radius 1 is 0.870 bits per heavy atom. The maximum absolute atomic E-state index is 13.7. The minimum Gasteiger partial charge on any atom is -0.489 e. The van der Waals surface area contributed by atoms with Crippen LogP contribution in [0, 0.1) is 0 Å². The molecular weight excluding hydrogens is 590 g/mol. The van der Waals surface area contributed by atoms with Crippen molar-refractivity contribution in [1.82, 2.24) is 5.32 Å². The monoisotopic (exact) mass is 629 g/mol. The number of nitrogens with one attached hydrogen (secondary N) is 2. The van der Waals surface area contributed by atoms with Gasteiger partial charge < -0.3 is 39.7 Å². The van der Waals surface area contributed by atoms with E-state index in [1.807, 2.05) is 54.6 Å². The third-order valence-electron chi connectivity index (χ3n) is 6.40. The number of hydrogen-bond donors (Lipinski definition) is 3. The molecule has 0 saturated carbocycles. The van der Waals surface area contributed by atoms with Gasteiger partial charge in [-0.15, -0.1) is 0 Å². The van der Waals surface area contributed by atoms with Crippen molar-refractivity contribution in [2.24, 2.45) is 5.73 Å². The highest BCUT2D eigenvalue weighted by Crippen LogP contribution is 2.28. The zero-order valence-corrected chi connectivity index (χ0v) is 26.1. The highest BCUT2D eigenvalue weighted by Gasteiger charge is 2.26. The average molecular weight is 630 g/mol. The molecule has 0 unspecified atom stereocenters. The number of benzene rings is 3. The fraction of sp³-hybridized carbons (Fsp3) is 0.286. The third kappa shape index (κ3) is 10.7. The van der Waals surface area contributed by atoms with Crippen molar-refractivity contribution < 1.29 is 37.7 Å². The maximum Gasteiger partial charge on any atom is 0.408 e. The van der Waals surface area contributed by atoms with Crippen LogP contribution in [-0.4, -0.2) is 42.8 Å². The number of anilines is 1. The Kier molecular flexibility index (Phi) is 11.8. The first-order valence-electron chi connectivity index (χ1n) is 14.8. The van der Waals surface area contributed by atoms with Crippen LogP contribution in [-0.2, 0) is 33.9 Å². The van der Waals surface area contributed by atoms with Gasteiger partial charge in [0.1, 0.15) is 48.7 Å². The first-order valence-corrected chi connectivity index (χ1v) is 14.8. The summed E-state index contributed by atoms with van der Waals surface area (Å²) >= 11 is 0. The molecule has 242 valence electrons. The van der Waals surface area contributed by atoms with Gasteiger partial charge in [-0.25, -0.2) is 9.59 Å². The molecule has 4 N–H and O–H groups in total. The summed E-state index contributed by atoms with van der Waals surface area (Å²) in [4.78, 5) is 39.0. The van der Waals surface area contributed by atoms with Gasteiger partial charge in [-0.3, -0.25) is 4.79 Å². The highest BCUT2D eigenvalue weighted by atomic mass is 16.6. The topological polar surface area (TPSA) is 151 Å². The molecule has 4 rings (SSSR count). The molecule has 0 saturated heterocycles. The summed E-state index contributed by atoms with van der Waals surface area (Å²) in [6.45, 7) is 5.89. The number of carbonyl (C=O) groups excluding carboxylic acids is 3. The molecule has 0 fully saturated rings. The molecule has 0 aliphatic rings. The SMILES string of the molecule is CC(C)(C)OC(=O)N[C@H](Cc1ccc(OCc2ccccc2)cc1)C(=O)Nc1ccc(C(=O)OCCN)cc1OCc1ccco1. The van der Waals surface area contributed by atoms with Crippen LogP contribution < -0.4 is 25.8 Å². The van der Waals surface area contributed by atoms with Crippen molar-refractivity contribution in [2.45, 2.75) is 52.0 Å². The standard InChI is InChI=1S/C35H39N3O8/c1-35(2,3)46-34(41)38-30(20-24-11-14-27(15-12-24)44-22-25-8-5-4-6-9-25)32(39)37-29-16-13-26(33(40)43-19-17-36)21-31(29)45-23-28-10-7-18-42-28/h4-16,18,21,30H,17,19-20,22-23,36H2,1-3H3,(H,37,39)(H,38,41)/t30-/m1/s1. The van der Waals surface area contributed by atoms with Crippen molar-refractivity contribution in [1.29, 1.82) is 0 Å². The van der Waals surface area contributed by atoms with E-state index in [1.54, 1.807) is 32.9 Å². The molecule has 46 heavy (non-hydrogen) atoms. The van der Waals surface area contributed by atoms with Crippen LogP contribution in [0.15, 0.2) is 95.6 Å². The first kappa shape index (κ1) is 33.6. The molecule has 0 bridgehead atoms. The predicted molar refractivity (Wildman–Crippen MR) is 172 cm³/mol. The van der Waals surface area contributed by atoms with E-state index in [9.17, 15) is 14.4 Å². The molecule has 0 spiro atoms. The van der Waals surface area contributed by atoms with Crippen molar-refractivity contribution in [3.8, 4) is 11.5 Å². The van der Waals surface area contributed by atoms with Gasteiger partial charge in [-0.05, 0) is 74.4 Å². The second kappa shape index (κ2) is 16.1. The van der Waals surface area contributed by atoms with E-state index < -0.39 is 29.6 Å². The van der Waals surface area contributed by atoms with E-state index in [2.05, 4.69) is 10.6 Å². The quantitative estimate of drug-likeness (QED) is 0.151. The number of rotatable bonds is 14. The molecule has 11 nitrogen and oxygen atoms in total.